The zero-order chi connectivity index (χ0) is 14.9. The van der Waals surface area contributed by atoms with E-state index in [0.717, 1.165) is 0 Å². The molecule has 5 nitrogen and oxygen atoms in total. The zero-order valence-corrected chi connectivity index (χ0v) is 12.6. The fraction of sp³-hybridized carbons (Fsp3) is 0.692. The van der Waals surface area contributed by atoms with Gasteiger partial charge in [0.05, 0.1) is 17.7 Å². The number of hydrogen-bond donors (Lipinski definition) is 4. The van der Waals surface area contributed by atoms with Crippen molar-refractivity contribution in [3.05, 3.63) is 22.2 Å². The van der Waals surface area contributed by atoms with Crippen LogP contribution in [0.2, 0.25) is 0 Å². The highest BCUT2D eigenvalue weighted by molar-refractivity contribution is 6.40. The number of allylic oxidation sites excluding steroid dienone is 2. The van der Waals surface area contributed by atoms with Crippen molar-refractivity contribution in [3.8, 4) is 0 Å². The van der Waals surface area contributed by atoms with Crippen LogP contribution >= 0.6 is 23.2 Å². The summed E-state index contributed by atoms with van der Waals surface area (Å²) in [5.41, 5.74) is 0. The van der Waals surface area contributed by atoms with E-state index in [-0.39, 0.29) is 12.6 Å². The highest BCUT2D eigenvalue weighted by Crippen LogP contribution is 2.39. The number of halogens is 2. The van der Waals surface area contributed by atoms with Gasteiger partial charge in [0.2, 0.25) is 0 Å². The monoisotopic (exact) mass is 323 g/mol. The van der Waals surface area contributed by atoms with Crippen LogP contribution in [0.4, 0.5) is 0 Å². The second-order valence-corrected chi connectivity index (χ2v) is 5.78. The van der Waals surface area contributed by atoms with Gasteiger partial charge in [-0.3, -0.25) is 0 Å². The first-order valence-corrected chi connectivity index (χ1v) is 7.36. The molecule has 1 aliphatic carbocycles. The van der Waals surface area contributed by atoms with Gasteiger partial charge in [0, 0.05) is 17.0 Å². The topological polar surface area (TPSA) is 82.0 Å². The van der Waals surface area contributed by atoms with E-state index in [4.69, 9.17) is 33.0 Å². The van der Waals surface area contributed by atoms with Gasteiger partial charge in [0.15, 0.2) is 0 Å². The highest BCUT2D eigenvalue weighted by atomic mass is 35.5. The fourth-order valence-corrected chi connectivity index (χ4v) is 3.23. The maximum atomic E-state index is 10.1. The minimum atomic E-state index is -1.14. The molecule has 2 aliphatic rings. The molecule has 1 saturated heterocycles. The lowest BCUT2D eigenvalue weighted by molar-refractivity contribution is -0.0393. The van der Waals surface area contributed by atoms with Gasteiger partial charge in [-0.1, -0.05) is 36.2 Å². The molecule has 6 atom stereocenters. The van der Waals surface area contributed by atoms with Gasteiger partial charge in [-0.15, -0.1) is 0 Å². The van der Waals surface area contributed by atoms with Crippen LogP contribution in [-0.4, -0.2) is 58.9 Å². The summed E-state index contributed by atoms with van der Waals surface area (Å²) in [6.07, 6.45) is -0.236. The van der Waals surface area contributed by atoms with Crippen molar-refractivity contribution in [2.45, 2.75) is 37.4 Å². The molecule has 4 N–H and O–H groups in total. The summed E-state index contributed by atoms with van der Waals surface area (Å²) in [4.78, 5) is 0. The molecule has 1 aliphatic heterocycles. The summed E-state index contributed by atoms with van der Waals surface area (Å²) in [6.45, 7) is 2.30. The lowest BCUT2D eigenvalue weighted by Crippen LogP contribution is -2.46. The molecule has 0 spiro atoms. The van der Waals surface area contributed by atoms with Crippen LogP contribution in [0.5, 0.6) is 0 Å². The smallest absolute Gasteiger partial charge is 0.111 e. The van der Waals surface area contributed by atoms with Gasteiger partial charge >= 0.3 is 0 Å². The maximum Gasteiger partial charge on any atom is 0.111 e. The Kier molecular flexibility index (Phi) is 5.48. The summed E-state index contributed by atoms with van der Waals surface area (Å²) in [6, 6.07) is -0.153. The molecule has 0 radical (unpaired) electrons. The molecule has 0 aromatic rings. The Balaban J connectivity index is 2.26. The van der Waals surface area contributed by atoms with Crippen LogP contribution in [0.25, 0.3) is 0 Å². The lowest BCUT2D eigenvalue weighted by atomic mass is 9.86. The minimum Gasteiger partial charge on any atom is -0.394 e. The predicted molar refractivity (Wildman–Crippen MR) is 76.6 cm³/mol. The van der Waals surface area contributed by atoms with Crippen molar-refractivity contribution in [2.24, 2.45) is 5.92 Å². The Morgan fingerprint density at radius 3 is 2.55 bits per heavy atom. The maximum absolute atomic E-state index is 10.1. The van der Waals surface area contributed by atoms with E-state index in [1.165, 1.54) is 0 Å². The van der Waals surface area contributed by atoms with Crippen LogP contribution in [0, 0.1) is 5.92 Å². The first-order valence-electron chi connectivity index (χ1n) is 6.60. The van der Waals surface area contributed by atoms with Crippen molar-refractivity contribution >= 4 is 23.2 Å². The van der Waals surface area contributed by atoms with Crippen molar-refractivity contribution < 1.29 is 20.1 Å². The Morgan fingerprint density at radius 2 is 2.00 bits per heavy atom. The largest absolute Gasteiger partial charge is 0.394 e. The number of nitrogens with one attached hydrogen (secondary N) is 1. The van der Waals surface area contributed by atoms with Crippen molar-refractivity contribution in [3.63, 3.8) is 0 Å². The van der Waals surface area contributed by atoms with Gasteiger partial charge in [-0.05, 0) is 12.6 Å². The van der Waals surface area contributed by atoms with E-state index in [1.807, 2.05) is 13.0 Å². The first kappa shape index (κ1) is 16.2. The van der Waals surface area contributed by atoms with Gasteiger partial charge in [-0.25, -0.2) is 0 Å². The minimum absolute atomic E-state index is 0.153. The Labute approximate surface area is 127 Å². The molecule has 0 aromatic carbocycles. The summed E-state index contributed by atoms with van der Waals surface area (Å²) >= 11 is 12.3. The molecule has 20 heavy (non-hydrogen) atoms. The summed E-state index contributed by atoms with van der Waals surface area (Å²) in [5, 5.41) is 33.2. The van der Waals surface area contributed by atoms with Crippen molar-refractivity contribution in [1.82, 2.24) is 5.32 Å². The van der Waals surface area contributed by atoms with Gasteiger partial charge < -0.3 is 25.4 Å². The molecule has 7 heteroatoms. The normalized spacial score (nSPS) is 41.5. The molecule has 1 heterocycles. The molecular formula is C13H19Cl2NO4. The van der Waals surface area contributed by atoms with Crippen molar-refractivity contribution in [1.29, 1.82) is 0 Å². The van der Waals surface area contributed by atoms with Crippen molar-refractivity contribution in [2.75, 3.05) is 13.2 Å². The van der Waals surface area contributed by atoms with E-state index in [2.05, 4.69) is 5.32 Å². The van der Waals surface area contributed by atoms with E-state index in [1.54, 1.807) is 6.08 Å². The number of likely N-dealkylation sites (N-methyl/N-ethyl adjacent to an activating group) is 1. The molecule has 114 valence electrons. The third kappa shape index (κ3) is 2.90. The van der Waals surface area contributed by atoms with E-state index in [0.29, 0.717) is 16.6 Å². The zero-order valence-electron chi connectivity index (χ0n) is 11.0. The summed E-state index contributed by atoms with van der Waals surface area (Å²) in [7, 11) is 0. The lowest BCUT2D eigenvalue weighted by Gasteiger charge is -2.33. The number of ether oxygens (including phenoxy) is 1. The van der Waals surface area contributed by atoms with Crippen LogP contribution < -0.4 is 5.32 Å². The van der Waals surface area contributed by atoms with Crippen LogP contribution in [-0.2, 0) is 4.74 Å². The molecule has 0 bridgehead atoms. The van der Waals surface area contributed by atoms with E-state index in [9.17, 15) is 10.2 Å². The molecule has 2 unspecified atom stereocenters. The average Bonchev–Trinajstić information content (AvgIpc) is 2.71. The molecule has 0 aromatic heterocycles. The Morgan fingerprint density at radius 1 is 1.30 bits per heavy atom. The van der Waals surface area contributed by atoms with Gasteiger partial charge in [0.1, 0.15) is 18.3 Å². The second kappa shape index (κ2) is 6.75. The molecule has 0 saturated carbocycles. The predicted octanol–water partition coefficient (Wildman–Crippen LogP) is 0.321. The molecular weight excluding hydrogens is 305 g/mol. The quantitative estimate of drug-likeness (QED) is 0.599. The Bertz CT molecular complexity index is 415. The molecule has 1 fully saturated rings. The number of hydrogen-bond acceptors (Lipinski definition) is 5. The fourth-order valence-electron chi connectivity index (χ4n) is 2.71. The Hall–Kier alpha value is -0.140. The third-order valence-corrected chi connectivity index (χ3v) is 4.61. The van der Waals surface area contributed by atoms with Crippen LogP contribution in [0.1, 0.15) is 6.92 Å². The molecule has 2 rings (SSSR count). The summed E-state index contributed by atoms with van der Waals surface area (Å²) in [5.74, 6) is -0.407. The van der Waals surface area contributed by atoms with Crippen LogP contribution in [0.15, 0.2) is 22.2 Å². The third-order valence-electron chi connectivity index (χ3n) is 3.73. The molecule has 0 amide bonds. The average molecular weight is 324 g/mol. The second-order valence-electron chi connectivity index (χ2n) is 4.97. The van der Waals surface area contributed by atoms with E-state index >= 15 is 0 Å². The highest BCUT2D eigenvalue weighted by Gasteiger charge is 2.49. The van der Waals surface area contributed by atoms with Gasteiger partial charge in [-0.2, -0.15) is 0 Å². The summed E-state index contributed by atoms with van der Waals surface area (Å²) < 4.78 is 5.57. The number of rotatable bonds is 4. The SMILES string of the molecule is CCNC1C=CC(Cl)=C(Cl)C1[C@H]1O[C@@H](CO)[C@H](O)[C@@H]1O. The standard InChI is InChI=1S/C13H19Cl2NO4/c1-2-16-7-4-3-6(14)10(15)9(7)13-12(19)11(18)8(5-17)20-13/h3-4,7-9,11-13,16-19H,2,5H2,1H3/t7?,8-,9?,11-,12-,13+/m0/s1. The number of aliphatic hydroxyl groups excluding tert-OH is 3. The van der Waals surface area contributed by atoms with Crippen LogP contribution in [0.3, 0.4) is 0 Å². The number of aliphatic hydroxyl groups is 3. The van der Waals surface area contributed by atoms with E-state index < -0.39 is 30.3 Å². The first-order chi connectivity index (χ1) is 9.51. The van der Waals surface area contributed by atoms with Gasteiger partial charge in [0.25, 0.3) is 0 Å².